The lowest BCUT2D eigenvalue weighted by molar-refractivity contribution is 0.723. The van der Waals surface area contributed by atoms with Gasteiger partial charge in [-0.3, -0.25) is 0 Å². The van der Waals surface area contributed by atoms with Crippen molar-refractivity contribution in [3.05, 3.63) is 253 Å². The standard InChI is InChI=1S/C59H38N2S/c1-3-17-42(18-4-1)60(44-34-30-39(31-35-44)41-33-37-53-47(38-41)46-22-9-12-26-52(46)61(53)43-19-5-2-6-20-43)54-27-15-25-50-58(54)57-45-21-8-7-16-40(45)32-36-51(57)59(50)48-23-10-13-28-55(48)62-56-29-14-11-24-49(56)59/h1-38H. The maximum absolute atomic E-state index is 2.47. The van der Waals surface area contributed by atoms with Gasteiger partial charge in [-0.05, 0) is 123 Å². The van der Waals surface area contributed by atoms with Crippen LogP contribution in [0.15, 0.2) is 240 Å². The van der Waals surface area contributed by atoms with Gasteiger partial charge in [0.05, 0.1) is 22.1 Å². The number of fused-ring (bicyclic) bond motifs is 14. The van der Waals surface area contributed by atoms with E-state index in [4.69, 9.17) is 0 Å². The Morgan fingerprint density at radius 3 is 1.73 bits per heavy atom. The van der Waals surface area contributed by atoms with Crippen LogP contribution in [0.4, 0.5) is 17.1 Å². The number of benzene rings is 10. The van der Waals surface area contributed by atoms with Crippen molar-refractivity contribution in [1.29, 1.82) is 0 Å². The van der Waals surface area contributed by atoms with Gasteiger partial charge in [-0.2, -0.15) is 0 Å². The molecule has 2 aliphatic rings. The zero-order chi connectivity index (χ0) is 40.8. The normalized spacial score (nSPS) is 13.2. The van der Waals surface area contributed by atoms with E-state index < -0.39 is 5.41 Å². The summed E-state index contributed by atoms with van der Waals surface area (Å²) in [4.78, 5) is 5.09. The van der Waals surface area contributed by atoms with Gasteiger partial charge in [-0.1, -0.05) is 169 Å². The highest BCUT2D eigenvalue weighted by Crippen LogP contribution is 2.65. The second kappa shape index (κ2) is 13.7. The van der Waals surface area contributed by atoms with Crippen LogP contribution in [-0.4, -0.2) is 4.57 Å². The first-order chi connectivity index (χ1) is 30.8. The van der Waals surface area contributed by atoms with E-state index in [9.17, 15) is 0 Å². The highest BCUT2D eigenvalue weighted by molar-refractivity contribution is 7.99. The van der Waals surface area contributed by atoms with Gasteiger partial charge < -0.3 is 9.47 Å². The van der Waals surface area contributed by atoms with E-state index in [-0.39, 0.29) is 0 Å². The fourth-order valence-electron chi connectivity index (χ4n) is 10.7. The average Bonchev–Trinajstić information content (AvgIpc) is 3.84. The highest BCUT2D eigenvalue weighted by atomic mass is 32.2. The molecule has 0 saturated heterocycles. The van der Waals surface area contributed by atoms with Crippen LogP contribution in [0.5, 0.6) is 0 Å². The van der Waals surface area contributed by atoms with Crippen LogP contribution in [0.3, 0.4) is 0 Å². The molecule has 0 amide bonds. The summed E-state index contributed by atoms with van der Waals surface area (Å²) in [5, 5.41) is 5.03. The van der Waals surface area contributed by atoms with Gasteiger partial charge in [0.25, 0.3) is 0 Å². The molecule has 62 heavy (non-hydrogen) atoms. The van der Waals surface area contributed by atoms with Gasteiger partial charge in [-0.15, -0.1) is 0 Å². The molecular weight excluding hydrogens is 769 g/mol. The van der Waals surface area contributed by atoms with Crippen molar-refractivity contribution in [3.63, 3.8) is 0 Å². The number of para-hydroxylation sites is 3. The molecule has 1 aromatic heterocycles. The molecule has 2 heterocycles. The summed E-state index contributed by atoms with van der Waals surface area (Å²) in [6, 6.07) is 85.2. The van der Waals surface area contributed by atoms with Crippen LogP contribution in [0.25, 0.3) is 60.5 Å². The van der Waals surface area contributed by atoms with Crippen molar-refractivity contribution in [1.82, 2.24) is 4.57 Å². The summed E-state index contributed by atoms with van der Waals surface area (Å²) in [6.07, 6.45) is 0. The molecule has 0 radical (unpaired) electrons. The third kappa shape index (κ3) is 5.00. The predicted molar refractivity (Wildman–Crippen MR) is 260 cm³/mol. The van der Waals surface area contributed by atoms with Crippen molar-refractivity contribution in [2.45, 2.75) is 15.2 Å². The maximum atomic E-state index is 2.47. The van der Waals surface area contributed by atoms with E-state index in [1.54, 1.807) is 0 Å². The molecule has 3 heteroatoms. The molecule has 0 bridgehead atoms. The monoisotopic (exact) mass is 806 g/mol. The molecule has 13 rings (SSSR count). The van der Waals surface area contributed by atoms with Crippen LogP contribution in [0.2, 0.25) is 0 Å². The lowest BCUT2D eigenvalue weighted by Crippen LogP contribution is -2.32. The summed E-state index contributed by atoms with van der Waals surface area (Å²) in [5.74, 6) is 0. The molecule has 1 aliphatic carbocycles. The summed E-state index contributed by atoms with van der Waals surface area (Å²) >= 11 is 1.89. The molecule has 1 aliphatic heterocycles. The van der Waals surface area contributed by atoms with Gasteiger partial charge in [0.1, 0.15) is 0 Å². The van der Waals surface area contributed by atoms with Crippen molar-refractivity contribution >= 4 is 61.4 Å². The molecule has 11 aromatic rings. The zero-order valence-corrected chi connectivity index (χ0v) is 34.6. The van der Waals surface area contributed by atoms with Crippen LogP contribution < -0.4 is 4.90 Å². The predicted octanol–water partition coefficient (Wildman–Crippen LogP) is 15.9. The fourth-order valence-corrected chi connectivity index (χ4v) is 11.9. The van der Waals surface area contributed by atoms with E-state index in [1.807, 2.05) is 11.8 Å². The van der Waals surface area contributed by atoms with E-state index in [2.05, 4.69) is 240 Å². The average molecular weight is 807 g/mol. The number of nitrogens with zero attached hydrogens (tertiary/aromatic N) is 2. The summed E-state index contributed by atoms with van der Waals surface area (Å²) in [5.41, 5.74) is 16.8. The fraction of sp³-hybridized carbons (Fsp3) is 0.0169. The van der Waals surface area contributed by atoms with Crippen LogP contribution in [0.1, 0.15) is 22.3 Å². The quantitative estimate of drug-likeness (QED) is 0.171. The van der Waals surface area contributed by atoms with Crippen molar-refractivity contribution in [2.24, 2.45) is 0 Å². The Labute approximate surface area is 365 Å². The first-order valence-corrected chi connectivity index (χ1v) is 22.2. The smallest absolute Gasteiger partial charge is 0.0736 e. The Morgan fingerprint density at radius 1 is 0.371 bits per heavy atom. The minimum absolute atomic E-state index is 0.488. The molecule has 0 fully saturated rings. The maximum Gasteiger partial charge on any atom is 0.0736 e. The molecule has 2 nitrogen and oxygen atoms in total. The lowest BCUT2D eigenvalue weighted by Gasteiger charge is -2.39. The number of hydrogen-bond acceptors (Lipinski definition) is 2. The molecular formula is C59H38N2S. The Kier molecular flexibility index (Phi) is 7.79. The SMILES string of the molecule is c1ccc(N(c2ccc(-c3ccc4c(c3)c3ccccc3n4-c3ccccc3)cc2)c2cccc3c2-c2c(ccc4ccccc24)C32c3ccccc3Sc3ccccc32)cc1. The summed E-state index contributed by atoms with van der Waals surface area (Å²) in [7, 11) is 0. The number of hydrogen-bond donors (Lipinski definition) is 0. The topological polar surface area (TPSA) is 8.17 Å². The lowest BCUT2D eigenvalue weighted by atomic mass is 9.67. The molecule has 0 unspecified atom stereocenters. The molecule has 0 saturated carbocycles. The van der Waals surface area contributed by atoms with Crippen LogP contribution in [0, 0.1) is 0 Å². The van der Waals surface area contributed by atoms with Gasteiger partial charge >= 0.3 is 0 Å². The number of rotatable bonds is 5. The third-order valence-corrected chi connectivity index (χ3v) is 14.4. The van der Waals surface area contributed by atoms with E-state index in [0.717, 1.165) is 11.4 Å². The second-order valence-corrected chi connectivity index (χ2v) is 17.5. The largest absolute Gasteiger partial charge is 0.310 e. The first-order valence-electron chi connectivity index (χ1n) is 21.3. The summed E-state index contributed by atoms with van der Waals surface area (Å²) < 4.78 is 2.38. The third-order valence-electron chi connectivity index (χ3n) is 13.2. The Hall–Kier alpha value is -7.59. The van der Waals surface area contributed by atoms with Gasteiger partial charge in [-0.25, -0.2) is 0 Å². The van der Waals surface area contributed by atoms with Crippen molar-refractivity contribution < 1.29 is 0 Å². The number of anilines is 3. The Balaban J connectivity index is 1.02. The minimum Gasteiger partial charge on any atom is -0.310 e. The molecule has 0 N–H and O–H groups in total. The molecule has 290 valence electrons. The first kappa shape index (κ1) is 35.2. The zero-order valence-electron chi connectivity index (χ0n) is 33.7. The van der Waals surface area contributed by atoms with Gasteiger partial charge in [0.2, 0.25) is 0 Å². The summed E-state index contributed by atoms with van der Waals surface area (Å²) in [6.45, 7) is 0. The molecule has 0 atom stereocenters. The molecule has 1 spiro atoms. The van der Waals surface area contributed by atoms with Crippen molar-refractivity contribution in [2.75, 3.05) is 4.90 Å². The Bertz CT molecular complexity index is 3500. The number of aromatic nitrogens is 1. The van der Waals surface area contributed by atoms with E-state index >= 15 is 0 Å². The highest BCUT2D eigenvalue weighted by Gasteiger charge is 2.51. The van der Waals surface area contributed by atoms with Crippen molar-refractivity contribution in [3.8, 4) is 27.9 Å². The van der Waals surface area contributed by atoms with Crippen LogP contribution in [-0.2, 0) is 5.41 Å². The van der Waals surface area contributed by atoms with Gasteiger partial charge in [0, 0.05) is 43.2 Å². The second-order valence-electron chi connectivity index (χ2n) is 16.4. The van der Waals surface area contributed by atoms with Gasteiger partial charge in [0.15, 0.2) is 0 Å². The van der Waals surface area contributed by atoms with E-state index in [0.29, 0.717) is 0 Å². The minimum atomic E-state index is -0.488. The Morgan fingerprint density at radius 2 is 0.952 bits per heavy atom. The van der Waals surface area contributed by atoms with Crippen LogP contribution >= 0.6 is 11.8 Å². The molecule has 10 aromatic carbocycles. The van der Waals surface area contributed by atoms with E-state index in [1.165, 1.54) is 98.3 Å².